The zero-order valence-electron chi connectivity index (χ0n) is 29.3. The average molecular weight is 655 g/mol. The molecule has 0 aliphatic heterocycles. The van der Waals surface area contributed by atoms with Gasteiger partial charge in [0.05, 0.1) is 119 Å². The van der Waals surface area contributed by atoms with Crippen LogP contribution in [0.1, 0.15) is 78.1 Å². The Kier molecular flexibility index (Phi) is 41.2. The van der Waals surface area contributed by atoms with Crippen molar-refractivity contribution in [2.45, 2.75) is 84.2 Å². The van der Waals surface area contributed by atoms with Crippen molar-refractivity contribution in [1.29, 1.82) is 0 Å². The summed E-state index contributed by atoms with van der Waals surface area (Å²) in [6.45, 7) is 15.8. The molecule has 0 aliphatic carbocycles. The van der Waals surface area contributed by atoms with Gasteiger partial charge in [-0.1, -0.05) is 65.2 Å². The summed E-state index contributed by atoms with van der Waals surface area (Å²) in [6.07, 6.45) is 12.3. The fraction of sp³-hybridized carbons (Fsp3) is 1.00. The molecule has 0 atom stereocenters. The first-order valence-corrected chi connectivity index (χ1v) is 17.6. The van der Waals surface area contributed by atoms with Crippen LogP contribution in [0.5, 0.6) is 0 Å². The van der Waals surface area contributed by atoms with Gasteiger partial charge in [0, 0.05) is 20.3 Å². The maximum Gasteiger partial charge on any atom is 0.104 e. The molecule has 272 valence electrons. The first-order valence-electron chi connectivity index (χ1n) is 17.6. The topological polar surface area (TPSA) is 102 Å². The van der Waals surface area contributed by atoms with Gasteiger partial charge in [-0.05, 0) is 12.8 Å². The summed E-state index contributed by atoms with van der Waals surface area (Å²) < 4.78 is 61.1. The molecule has 11 heteroatoms. The van der Waals surface area contributed by atoms with E-state index in [0.29, 0.717) is 119 Å². The van der Waals surface area contributed by atoms with E-state index in [4.69, 9.17) is 52.1 Å². The van der Waals surface area contributed by atoms with Crippen molar-refractivity contribution in [2.24, 2.45) is 0 Å². The molecule has 0 spiro atoms. The molecule has 0 aromatic carbocycles. The van der Waals surface area contributed by atoms with E-state index in [1.165, 1.54) is 51.4 Å². The third kappa shape index (κ3) is 39.7. The van der Waals surface area contributed by atoms with Crippen LogP contribution < -0.4 is 0 Å². The van der Waals surface area contributed by atoms with Crippen molar-refractivity contribution in [2.75, 3.05) is 139 Å². The predicted molar refractivity (Wildman–Crippen MR) is 177 cm³/mol. The van der Waals surface area contributed by atoms with Crippen molar-refractivity contribution < 1.29 is 52.1 Å². The Balaban J connectivity index is 3.54. The number of hydrogen-bond donors (Lipinski definition) is 0. The number of unbranched alkanes of at least 4 members (excludes halogenated alkanes) is 8. The van der Waals surface area contributed by atoms with Gasteiger partial charge >= 0.3 is 0 Å². The van der Waals surface area contributed by atoms with E-state index < -0.39 is 0 Å². The van der Waals surface area contributed by atoms with Crippen LogP contribution in [0.2, 0.25) is 0 Å². The molecular formula is C34H70O11. The van der Waals surface area contributed by atoms with E-state index in [1.54, 1.807) is 7.11 Å². The lowest BCUT2D eigenvalue weighted by Crippen LogP contribution is -2.28. The smallest absolute Gasteiger partial charge is 0.104 e. The molecule has 0 amide bonds. The summed E-state index contributed by atoms with van der Waals surface area (Å²) in [6, 6.07) is 0. The van der Waals surface area contributed by atoms with Crippen LogP contribution in [0.3, 0.4) is 0 Å². The molecular weight excluding hydrogens is 584 g/mol. The summed E-state index contributed by atoms with van der Waals surface area (Å²) in [5.74, 6) is 0. The molecule has 11 nitrogen and oxygen atoms in total. The van der Waals surface area contributed by atoms with Gasteiger partial charge in [0.15, 0.2) is 0 Å². The van der Waals surface area contributed by atoms with Gasteiger partial charge in [-0.15, -0.1) is 0 Å². The van der Waals surface area contributed by atoms with E-state index in [2.05, 4.69) is 13.8 Å². The molecule has 0 fully saturated rings. The quantitative estimate of drug-likeness (QED) is 0.0823. The second-order valence-electron chi connectivity index (χ2n) is 10.8. The van der Waals surface area contributed by atoms with E-state index in [0.717, 1.165) is 26.1 Å². The van der Waals surface area contributed by atoms with Crippen molar-refractivity contribution in [3.63, 3.8) is 0 Å². The van der Waals surface area contributed by atoms with Crippen molar-refractivity contribution in [3.05, 3.63) is 0 Å². The van der Waals surface area contributed by atoms with Gasteiger partial charge in [-0.2, -0.15) is 0 Å². The predicted octanol–water partition coefficient (Wildman–Crippen LogP) is 5.11. The highest BCUT2D eigenvalue weighted by Gasteiger charge is 2.10. The van der Waals surface area contributed by atoms with Crippen LogP contribution in [0, 0.1) is 0 Å². The summed E-state index contributed by atoms with van der Waals surface area (Å²) in [4.78, 5) is 0. The van der Waals surface area contributed by atoms with Gasteiger partial charge in [-0.25, -0.2) is 0 Å². The highest BCUT2D eigenvalue weighted by atomic mass is 16.6. The lowest BCUT2D eigenvalue weighted by molar-refractivity contribution is -0.0770. The Morgan fingerprint density at radius 3 is 0.956 bits per heavy atom. The zero-order chi connectivity index (χ0) is 32.6. The van der Waals surface area contributed by atoms with Crippen LogP contribution in [-0.4, -0.2) is 145 Å². The number of ether oxygens (including phenoxy) is 11. The maximum atomic E-state index is 6.01. The van der Waals surface area contributed by atoms with E-state index >= 15 is 0 Å². The third-order valence-corrected chi connectivity index (χ3v) is 6.64. The van der Waals surface area contributed by atoms with E-state index in [1.807, 2.05) is 0 Å². The summed E-state index contributed by atoms with van der Waals surface area (Å²) in [5.41, 5.74) is 0. The standard InChI is InChI=1S/C34H70O11/c1-4-6-8-10-12-14-43-32-34(33-44-15-13-11-9-7-5-2)45-31-30-42-29-28-41-27-26-40-25-24-39-23-22-38-21-20-37-19-18-36-17-16-35-3/h34H,4-33H2,1-3H3. The van der Waals surface area contributed by atoms with Crippen molar-refractivity contribution in [1.82, 2.24) is 0 Å². The Morgan fingerprint density at radius 2 is 0.622 bits per heavy atom. The Labute approximate surface area is 275 Å². The molecule has 0 saturated carbocycles. The fourth-order valence-corrected chi connectivity index (χ4v) is 4.03. The first-order chi connectivity index (χ1) is 22.3. The molecule has 0 N–H and O–H groups in total. The Morgan fingerprint density at radius 1 is 0.311 bits per heavy atom. The molecule has 45 heavy (non-hydrogen) atoms. The monoisotopic (exact) mass is 654 g/mol. The van der Waals surface area contributed by atoms with Gasteiger partial charge < -0.3 is 52.1 Å². The largest absolute Gasteiger partial charge is 0.382 e. The number of hydrogen-bond acceptors (Lipinski definition) is 11. The van der Waals surface area contributed by atoms with Gasteiger partial charge in [-0.3, -0.25) is 0 Å². The van der Waals surface area contributed by atoms with E-state index in [-0.39, 0.29) is 6.10 Å². The van der Waals surface area contributed by atoms with Gasteiger partial charge in [0.1, 0.15) is 6.10 Å². The van der Waals surface area contributed by atoms with Crippen LogP contribution in [0.4, 0.5) is 0 Å². The van der Waals surface area contributed by atoms with Crippen molar-refractivity contribution in [3.8, 4) is 0 Å². The second kappa shape index (κ2) is 41.6. The second-order valence-corrected chi connectivity index (χ2v) is 10.8. The molecule has 0 aliphatic rings. The maximum absolute atomic E-state index is 6.01. The highest BCUT2D eigenvalue weighted by Crippen LogP contribution is 2.05. The minimum absolute atomic E-state index is 0.0631. The van der Waals surface area contributed by atoms with Crippen LogP contribution >= 0.6 is 0 Å². The molecule has 0 unspecified atom stereocenters. The third-order valence-electron chi connectivity index (χ3n) is 6.64. The lowest BCUT2D eigenvalue weighted by atomic mass is 10.2. The Bertz CT molecular complexity index is 499. The van der Waals surface area contributed by atoms with Gasteiger partial charge in [0.2, 0.25) is 0 Å². The molecule has 0 aromatic heterocycles. The minimum atomic E-state index is -0.0631. The SMILES string of the molecule is CCCCCCCOCC(COCCCCCCC)OCCOCCOCCOCCOCCOCCOCCOCCOC. The molecule has 0 heterocycles. The normalized spacial score (nSPS) is 11.7. The molecule has 0 aromatic rings. The minimum Gasteiger partial charge on any atom is -0.382 e. The molecule has 0 saturated heterocycles. The summed E-state index contributed by atoms with van der Waals surface area (Å²) in [5, 5.41) is 0. The Hall–Kier alpha value is -0.440. The van der Waals surface area contributed by atoms with Crippen LogP contribution in [0.25, 0.3) is 0 Å². The fourth-order valence-electron chi connectivity index (χ4n) is 4.03. The van der Waals surface area contributed by atoms with Crippen LogP contribution in [-0.2, 0) is 52.1 Å². The number of methoxy groups -OCH3 is 1. The molecule has 0 radical (unpaired) electrons. The van der Waals surface area contributed by atoms with Crippen LogP contribution in [0.15, 0.2) is 0 Å². The van der Waals surface area contributed by atoms with Crippen molar-refractivity contribution >= 4 is 0 Å². The van der Waals surface area contributed by atoms with Gasteiger partial charge in [0.25, 0.3) is 0 Å². The lowest BCUT2D eigenvalue weighted by Gasteiger charge is -2.18. The average Bonchev–Trinajstić information content (AvgIpc) is 3.05. The summed E-state index contributed by atoms with van der Waals surface area (Å²) >= 11 is 0. The molecule has 0 bridgehead atoms. The first kappa shape index (κ1) is 44.6. The zero-order valence-corrected chi connectivity index (χ0v) is 29.3. The highest BCUT2D eigenvalue weighted by molar-refractivity contribution is 4.57. The summed E-state index contributed by atoms with van der Waals surface area (Å²) in [7, 11) is 1.65. The van der Waals surface area contributed by atoms with E-state index in [9.17, 15) is 0 Å². The number of rotatable bonds is 41. The molecule has 0 rings (SSSR count).